The molecule has 0 saturated heterocycles. The molecule has 0 bridgehead atoms. The van der Waals surface area contributed by atoms with Crippen molar-refractivity contribution in [3.05, 3.63) is 28.0 Å². The standard InChI is InChI=1S/C10H5Cl2F3N2O2/c11-4-1-6-7(2-5(4)12)17(3-8(18)19)9(16-6)10(13,14)15/h1-2H,3H2,(H,18,19). The highest BCUT2D eigenvalue weighted by atomic mass is 35.5. The van der Waals surface area contributed by atoms with Gasteiger partial charge in [0.2, 0.25) is 5.82 Å². The maximum absolute atomic E-state index is 12.8. The molecule has 1 heterocycles. The Labute approximate surface area is 114 Å². The molecule has 1 aromatic carbocycles. The lowest BCUT2D eigenvalue weighted by Crippen LogP contribution is -2.18. The molecule has 0 radical (unpaired) electrons. The van der Waals surface area contributed by atoms with Crippen LogP contribution in [0.5, 0.6) is 0 Å². The monoisotopic (exact) mass is 312 g/mol. The number of benzene rings is 1. The van der Waals surface area contributed by atoms with E-state index in [1.165, 1.54) is 0 Å². The Bertz CT molecular complexity index is 667. The van der Waals surface area contributed by atoms with Gasteiger partial charge < -0.3 is 9.67 Å². The number of carboxylic acids is 1. The lowest BCUT2D eigenvalue weighted by Gasteiger charge is -2.08. The number of carboxylic acid groups (broad SMARTS) is 1. The molecule has 0 aliphatic carbocycles. The number of hydrogen-bond donors (Lipinski definition) is 1. The predicted molar refractivity (Wildman–Crippen MR) is 62.4 cm³/mol. The van der Waals surface area contributed by atoms with E-state index in [9.17, 15) is 18.0 Å². The molecule has 1 aromatic heterocycles. The zero-order chi connectivity index (χ0) is 14.4. The molecule has 102 valence electrons. The van der Waals surface area contributed by atoms with Crippen molar-refractivity contribution in [1.29, 1.82) is 0 Å². The van der Waals surface area contributed by atoms with E-state index in [2.05, 4.69) is 4.98 Å². The molecule has 0 spiro atoms. The van der Waals surface area contributed by atoms with E-state index in [0.717, 1.165) is 12.1 Å². The van der Waals surface area contributed by atoms with Gasteiger partial charge in [0.15, 0.2) is 0 Å². The van der Waals surface area contributed by atoms with Crippen LogP contribution < -0.4 is 0 Å². The molecule has 0 atom stereocenters. The third-order valence-corrected chi connectivity index (χ3v) is 3.06. The third-order valence-electron chi connectivity index (χ3n) is 2.34. The van der Waals surface area contributed by atoms with Crippen LogP contribution in [-0.2, 0) is 17.5 Å². The first-order valence-electron chi connectivity index (χ1n) is 4.84. The second-order valence-electron chi connectivity index (χ2n) is 3.67. The molecule has 2 rings (SSSR count). The van der Waals surface area contributed by atoms with E-state index in [0.29, 0.717) is 4.57 Å². The summed E-state index contributed by atoms with van der Waals surface area (Å²) in [6, 6.07) is 2.32. The second kappa shape index (κ2) is 4.57. The van der Waals surface area contributed by atoms with Gasteiger partial charge in [-0.3, -0.25) is 4.79 Å². The van der Waals surface area contributed by atoms with Gasteiger partial charge in [0.1, 0.15) is 6.54 Å². The van der Waals surface area contributed by atoms with Gasteiger partial charge in [-0.05, 0) is 12.1 Å². The van der Waals surface area contributed by atoms with Crippen molar-refractivity contribution >= 4 is 40.2 Å². The van der Waals surface area contributed by atoms with Gasteiger partial charge in [0.25, 0.3) is 0 Å². The Morgan fingerprint density at radius 2 is 1.89 bits per heavy atom. The number of imidazole rings is 1. The SMILES string of the molecule is O=C(O)Cn1c(C(F)(F)F)nc2cc(Cl)c(Cl)cc21. The molecule has 0 aliphatic rings. The number of alkyl halides is 3. The van der Waals surface area contributed by atoms with E-state index in [1.54, 1.807) is 0 Å². The summed E-state index contributed by atoms with van der Waals surface area (Å²) in [5.74, 6) is -2.72. The van der Waals surface area contributed by atoms with E-state index in [1.807, 2.05) is 0 Å². The van der Waals surface area contributed by atoms with Crippen molar-refractivity contribution in [2.24, 2.45) is 0 Å². The molecule has 4 nitrogen and oxygen atoms in total. The fourth-order valence-electron chi connectivity index (χ4n) is 1.63. The number of nitrogens with zero attached hydrogens (tertiary/aromatic N) is 2. The van der Waals surface area contributed by atoms with Crippen molar-refractivity contribution < 1.29 is 23.1 Å². The number of rotatable bonds is 2. The summed E-state index contributed by atoms with van der Waals surface area (Å²) in [7, 11) is 0. The van der Waals surface area contributed by atoms with Crippen molar-refractivity contribution in [3.8, 4) is 0 Å². The van der Waals surface area contributed by atoms with Crippen LogP contribution in [0.15, 0.2) is 12.1 Å². The number of carbonyl (C=O) groups is 1. The number of hydrogen-bond acceptors (Lipinski definition) is 2. The highest BCUT2D eigenvalue weighted by molar-refractivity contribution is 6.42. The fraction of sp³-hybridized carbons (Fsp3) is 0.200. The number of aromatic nitrogens is 2. The van der Waals surface area contributed by atoms with Crippen molar-refractivity contribution in [1.82, 2.24) is 9.55 Å². The Morgan fingerprint density at radius 3 is 2.42 bits per heavy atom. The van der Waals surface area contributed by atoms with Crippen LogP contribution in [0.4, 0.5) is 13.2 Å². The quantitative estimate of drug-likeness (QED) is 0.924. The second-order valence-corrected chi connectivity index (χ2v) is 4.48. The molecule has 1 N–H and O–H groups in total. The average Bonchev–Trinajstić information content (AvgIpc) is 2.57. The number of halogens is 5. The van der Waals surface area contributed by atoms with E-state index < -0.39 is 24.5 Å². The maximum Gasteiger partial charge on any atom is 0.449 e. The van der Waals surface area contributed by atoms with Gasteiger partial charge in [0.05, 0.1) is 21.1 Å². The number of fused-ring (bicyclic) bond motifs is 1. The molecular formula is C10H5Cl2F3N2O2. The van der Waals surface area contributed by atoms with Crippen LogP contribution in [0.1, 0.15) is 5.82 Å². The lowest BCUT2D eigenvalue weighted by molar-refractivity contribution is -0.148. The topological polar surface area (TPSA) is 55.1 Å². The van der Waals surface area contributed by atoms with Gasteiger partial charge >= 0.3 is 12.1 Å². The van der Waals surface area contributed by atoms with Crippen LogP contribution in [0.2, 0.25) is 10.0 Å². The van der Waals surface area contributed by atoms with Crippen LogP contribution in [-0.4, -0.2) is 20.6 Å². The first-order valence-corrected chi connectivity index (χ1v) is 5.60. The smallest absolute Gasteiger partial charge is 0.449 e. The van der Waals surface area contributed by atoms with Gasteiger partial charge in [-0.15, -0.1) is 0 Å². The largest absolute Gasteiger partial charge is 0.480 e. The minimum atomic E-state index is -4.77. The summed E-state index contributed by atoms with van der Waals surface area (Å²) >= 11 is 11.4. The normalized spacial score (nSPS) is 12.1. The Hall–Kier alpha value is -1.47. The highest BCUT2D eigenvalue weighted by Crippen LogP contribution is 2.34. The Morgan fingerprint density at radius 1 is 1.32 bits per heavy atom. The summed E-state index contributed by atoms with van der Waals surface area (Å²) in [5, 5.41) is 8.75. The third kappa shape index (κ3) is 2.62. The van der Waals surface area contributed by atoms with Gasteiger partial charge in [0, 0.05) is 0 Å². The summed E-state index contributed by atoms with van der Waals surface area (Å²) < 4.78 is 38.9. The summed E-state index contributed by atoms with van der Waals surface area (Å²) in [6.07, 6.45) is -4.77. The lowest BCUT2D eigenvalue weighted by atomic mass is 10.3. The number of aliphatic carboxylic acids is 1. The molecule has 0 amide bonds. The molecule has 2 aromatic rings. The van der Waals surface area contributed by atoms with E-state index in [4.69, 9.17) is 28.3 Å². The molecule has 19 heavy (non-hydrogen) atoms. The summed E-state index contributed by atoms with van der Waals surface area (Å²) in [4.78, 5) is 14.0. The zero-order valence-electron chi connectivity index (χ0n) is 9.00. The van der Waals surface area contributed by atoms with Crippen LogP contribution in [0.25, 0.3) is 11.0 Å². The minimum Gasteiger partial charge on any atom is -0.480 e. The Kier molecular flexibility index (Phi) is 3.36. The fourth-order valence-corrected chi connectivity index (χ4v) is 1.95. The maximum atomic E-state index is 12.8. The summed E-state index contributed by atoms with van der Waals surface area (Å²) in [5.41, 5.74) is -0.105. The van der Waals surface area contributed by atoms with Crippen LogP contribution in [0.3, 0.4) is 0 Å². The van der Waals surface area contributed by atoms with E-state index >= 15 is 0 Å². The first-order chi connectivity index (χ1) is 8.70. The minimum absolute atomic E-state index is 0.0226. The molecule has 0 fully saturated rings. The van der Waals surface area contributed by atoms with Gasteiger partial charge in [-0.25, -0.2) is 4.98 Å². The molecule has 0 unspecified atom stereocenters. The van der Waals surface area contributed by atoms with Crippen LogP contribution in [0, 0.1) is 0 Å². The van der Waals surface area contributed by atoms with E-state index in [-0.39, 0.29) is 21.1 Å². The molecular weight excluding hydrogens is 308 g/mol. The van der Waals surface area contributed by atoms with Gasteiger partial charge in [-0.2, -0.15) is 13.2 Å². The van der Waals surface area contributed by atoms with Crippen molar-refractivity contribution in [2.75, 3.05) is 0 Å². The first kappa shape index (κ1) is 14.0. The van der Waals surface area contributed by atoms with Crippen molar-refractivity contribution in [3.63, 3.8) is 0 Å². The van der Waals surface area contributed by atoms with Gasteiger partial charge in [-0.1, -0.05) is 23.2 Å². The molecule has 0 aliphatic heterocycles. The zero-order valence-corrected chi connectivity index (χ0v) is 10.5. The van der Waals surface area contributed by atoms with Crippen LogP contribution >= 0.6 is 23.2 Å². The molecule has 9 heteroatoms. The average molecular weight is 313 g/mol. The van der Waals surface area contributed by atoms with Crippen molar-refractivity contribution in [2.45, 2.75) is 12.7 Å². The summed E-state index contributed by atoms with van der Waals surface area (Å²) in [6.45, 7) is -0.872. The predicted octanol–water partition coefficient (Wildman–Crippen LogP) is 3.45. The molecule has 0 saturated carbocycles. The highest BCUT2D eigenvalue weighted by Gasteiger charge is 2.38. The Balaban J connectivity index is 2.77.